The minimum Gasteiger partial charge on any atom is -0.310 e. The van der Waals surface area contributed by atoms with Gasteiger partial charge in [0, 0.05) is 25.7 Å². The standard InChI is InChI=1S/C21H26N2/c1-16-7-5-6-10-19(16)21-20-15-23(14-18(20)11-12-22-21)13-17-8-3-2-4-9-17/h2-10,18,20-22H,11-15H2,1H3. The van der Waals surface area contributed by atoms with Gasteiger partial charge in [-0.3, -0.25) is 4.90 Å². The summed E-state index contributed by atoms with van der Waals surface area (Å²) in [5, 5.41) is 3.81. The normalized spacial score (nSPS) is 27.8. The first-order chi connectivity index (χ1) is 11.3. The van der Waals surface area contributed by atoms with Gasteiger partial charge in [-0.1, -0.05) is 54.6 Å². The second-order valence-electron chi connectivity index (χ2n) is 7.18. The van der Waals surface area contributed by atoms with E-state index in [0.29, 0.717) is 6.04 Å². The predicted octanol–water partition coefficient (Wildman–Crippen LogP) is 3.78. The summed E-state index contributed by atoms with van der Waals surface area (Å²) in [7, 11) is 0. The molecule has 120 valence electrons. The lowest BCUT2D eigenvalue weighted by Crippen LogP contribution is -2.39. The summed E-state index contributed by atoms with van der Waals surface area (Å²) in [6, 6.07) is 20.3. The number of likely N-dealkylation sites (tertiary alicyclic amines) is 1. The van der Waals surface area contributed by atoms with Crippen LogP contribution >= 0.6 is 0 Å². The second-order valence-corrected chi connectivity index (χ2v) is 7.18. The van der Waals surface area contributed by atoms with E-state index in [1.807, 2.05) is 0 Å². The number of rotatable bonds is 3. The van der Waals surface area contributed by atoms with E-state index in [9.17, 15) is 0 Å². The molecule has 0 saturated carbocycles. The van der Waals surface area contributed by atoms with Crippen molar-refractivity contribution in [1.29, 1.82) is 0 Å². The molecule has 0 aromatic heterocycles. The molecule has 3 atom stereocenters. The van der Waals surface area contributed by atoms with Crippen molar-refractivity contribution in [3.05, 3.63) is 71.3 Å². The largest absolute Gasteiger partial charge is 0.310 e. The van der Waals surface area contributed by atoms with E-state index >= 15 is 0 Å². The van der Waals surface area contributed by atoms with Crippen LogP contribution in [0, 0.1) is 18.8 Å². The van der Waals surface area contributed by atoms with Crippen LogP contribution in [0.1, 0.15) is 29.2 Å². The first kappa shape index (κ1) is 14.9. The van der Waals surface area contributed by atoms with Crippen molar-refractivity contribution in [1.82, 2.24) is 10.2 Å². The quantitative estimate of drug-likeness (QED) is 0.928. The molecule has 0 spiro atoms. The molecule has 4 rings (SSSR count). The van der Waals surface area contributed by atoms with Crippen LogP contribution in [0.3, 0.4) is 0 Å². The minimum atomic E-state index is 0.524. The van der Waals surface area contributed by atoms with E-state index in [1.165, 1.54) is 36.2 Å². The smallest absolute Gasteiger partial charge is 0.0366 e. The van der Waals surface area contributed by atoms with E-state index in [-0.39, 0.29) is 0 Å². The highest BCUT2D eigenvalue weighted by Gasteiger charge is 2.40. The molecule has 2 heterocycles. The van der Waals surface area contributed by atoms with Crippen LogP contribution in [-0.2, 0) is 6.54 Å². The van der Waals surface area contributed by atoms with Crippen LogP contribution in [0.4, 0.5) is 0 Å². The Kier molecular flexibility index (Phi) is 4.19. The Hall–Kier alpha value is -1.64. The summed E-state index contributed by atoms with van der Waals surface area (Å²) >= 11 is 0. The zero-order valence-corrected chi connectivity index (χ0v) is 13.9. The van der Waals surface area contributed by atoms with Gasteiger partial charge >= 0.3 is 0 Å². The molecule has 2 aromatic carbocycles. The van der Waals surface area contributed by atoms with Crippen LogP contribution < -0.4 is 5.32 Å². The second kappa shape index (κ2) is 6.46. The fraction of sp³-hybridized carbons (Fsp3) is 0.429. The highest BCUT2D eigenvalue weighted by atomic mass is 15.2. The van der Waals surface area contributed by atoms with Gasteiger partial charge in [0.1, 0.15) is 0 Å². The molecular formula is C21H26N2. The lowest BCUT2D eigenvalue weighted by atomic mass is 9.79. The van der Waals surface area contributed by atoms with Gasteiger partial charge in [0.2, 0.25) is 0 Å². The molecule has 2 saturated heterocycles. The molecule has 2 aliphatic rings. The van der Waals surface area contributed by atoms with Crippen LogP contribution in [0.2, 0.25) is 0 Å². The van der Waals surface area contributed by atoms with E-state index in [2.05, 4.69) is 71.7 Å². The summed E-state index contributed by atoms with van der Waals surface area (Å²) in [5.41, 5.74) is 4.36. The zero-order chi connectivity index (χ0) is 15.6. The Morgan fingerprint density at radius 3 is 2.61 bits per heavy atom. The molecule has 2 nitrogen and oxygen atoms in total. The minimum absolute atomic E-state index is 0.524. The number of fused-ring (bicyclic) bond motifs is 1. The molecular weight excluding hydrogens is 280 g/mol. The van der Waals surface area contributed by atoms with E-state index in [1.54, 1.807) is 0 Å². The molecule has 0 bridgehead atoms. The van der Waals surface area contributed by atoms with Crippen molar-refractivity contribution in [3.8, 4) is 0 Å². The number of hydrogen-bond donors (Lipinski definition) is 1. The van der Waals surface area contributed by atoms with Crippen LogP contribution in [0.15, 0.2) is 54.6 Å². The molecule has 3 unspecified atom stereocenters. The maximum Gasteiger partial charge on any atom is 0.0366 e. The van der Waals surface area contributed by atoms with Crippen molar-refractivity contribution >= 4 is 0 Å². The maximum atomic E-state index is 3.81. The van der Waals surface area contributed by atoms with Crippen molar-refractivity contribution in [3.63, 3.8) is 0 Å². The van der Waals surface area contributed by atoms with Gasteiger partial charge in [-0.25, -0.2) is 0 Å². The molecule has 0 radical (unpaired) electrons. The average Bonchev–Trinajstić information content (AvgIpc) is 2.99. The lowest BCUT2D eigenvalue weighted by Gasteiger charge is -2.35. The lowest BCUT2D eigenvalue weighted by molar-refractivity contribution is 0.239. The number of piperidine rings is 1. The number of hydrogen-bond acceptors (Lipinski definition) is 2. The van der Waals surface area contributed by atoms with E-state index in [4.69, 9.17) is 0 Å². The molecule has 2 aromatic rings. The molecule has 2 heteroatoms. The first-order valence-electron chi connectivity index (χ1n) is 8.86. The Balaban J connectivity index is 1.51. The number of nitrogens with one attached hydrogen (secondary N) is 1. The van der Waals surface area contributed by atoms with Crippen LogP contribution in [0.5, 0.6) is 0 Å². The summed E-state index contributed by atoms with van der Waals surface area (Å²) < 4.78 is 0. The third-order valence-corrected chi connectivity index (χ3v) is 5.65. The van der Waals surface area contributed by atoms with Gasteiger partial charge in [0.25, 0.3) is 0 Å². The van der Waals surface area contributed by atoms with Gasteiger partial charge < -0.3 is 5.32 Å². The number of nitrogens with zero attached hydrogens (tertiary/aromatic N) is 1. The molecule has 23 heavy (non-hydrogen) atoms. The number of benzene rings is 2. The summed E-state index contributed by atoms with van der Waals surface area (Å²) in [5.74, 6) is 1.58. The van der Waals surface area contributed by atoms with Crippen LogP contribution in [-0.4, -0.2) is 24.5 Å². The van der Waals surface area contributed by atoms with Crippen molar-refractivity contribution in [2.24, 2.45) is 11.8 Å². The van der Waals surface area contributed by atoms with E-state index in [0.717, 1.165) is 24.9 Å². The topological polar surface area (TPSA) is 15.3 Å². The third kappa shape index (κ3) is 3.06. The van der Waals surface area contributed by atoms with E-state index < -0.39 is 0 Å². The molecule has 0 amide bonds. The van der Waals surface area contributed by atoms with Gasteiger partial charge in [0.05, 0.1) is 0 Å². The SMILES string of the molecule is Cc1ccccc1C1NCCC2CN(Cc3ccccc3)CC21. The summed E-state index contributed by atoms with van der Waals surface area (Å²) in [6.45, 7) is 6.96. The van der Waals surface area contributed by atoms with Gasteiger partial charge in [-0.2, -0.15) is 0 Å². The Morgan fingerprint density at radius 1 is 1.00 bits per heavy atom. The highest BCUT2D eigenvalue weighted by Crippen LogP contribution is 2.40. The maximum absolute atomic E-state index is 3.81. The fourth-order valence-electron chi connectivity index (χ4n) is 4.49. The fourth-order valence-corrected chi connectivity index (χ4v) is 4.49. The monoisotopic (exact) mass is 306 g/mol. The molecule has 1 N–H and O–H groups in total. The van der Waals surface area contributed by atoms with Crippen molar-refractivity contribution < 1.29 is 0 Å². The molecule has 0 aliphatic carbocycles. The molecule has 2 fully saturated rings. The highest BCUT2D eigenvalue weighted by molar-refractivity contribution is 5.30. The van der Waals surface area contributed by atoms with Crippen LogP contribution in [0.25, 0.3) is 0 Å². The Labute approximate surface area is 139 Å². The van der Waals surface area contributed by atoms with Gasteiger partial charge in [0.15, 0.2) is 0 Å². The molecule has 2 aliphatic heterocycles. The Bertz CT molecular complexity index is 652. The summed E-state index contributed by atoms with van der Waals surface area (Å²) in [6.07, 6.45) is 1.32. The van der Waals surface area contributed by atoms with Crippen molar-refractivity contribution in [2.45, 2.75) is 25.9 Å². The Morgan fingerprint density at radius 2 is 1.78 bits per heavy atom. The summed E-state index contributed by atoms with van der Waals surface area (Å²) in [4.78, 5) is 2.66. The zero-order valence-electron chi connectivity index (χ0n) is 13.9. The number of aryl methyl sites for hydroxylation is 1. The van der Waals surface area contributed by atoms with Gasteiger partial charge in [-0.05, 0) is 48.4 Å². The average molecular weight is 306 g/mol. The predicted molar refractivity (Wildman–Crippen MR) is 95.2 cm³/mol. The first-order valence-corrected chi connectivity index (χ1v) is 8.86. The third-order valence-electron chi connectivity index (χ3n) is 5.65. The van der Waals surface area contributed by atoms with Crippen molar-refractivity contribution in [2.75, 3.05) is 19.6 Å². The van der Waals surface area contributed by atoms with Gasteiger partial charge in [-0.15, -0.1) is 0 Å².